The van der Waals surface area contributed by atoms with Gasteiger partial charge in [0.15, 0.2) is 5.96 Å². The van der Waals surface area contributed by atoms with Gasteiger partial charge in [-0.15, -0.1) is 0 Å². The number of rotatable bonds is 7. The number of aliphatic imine (C=N–C) groups is 1. The van der Waals surface area contributed by atoms with Crippen molar-refractivity contribution in [2.24, 2.45) is 10.9 Å². The summed E-state index contributed by atoms with van der Waals surface area (Å²) < 4.78 is 0. The SMILES string of the molecule is CCCNC(=NC)NCCNC(=O)CC1CCCCC1. The highest BCUT2D eigenvalue weighted by Gasteiger charge is 2.16. The molecule has 0 radical (unpaired) electrons. The Morgan fingerprint density at radius 2 is 1.70 bits per heavy atom. The molecule has 0 saturated heterocycles. The van der Waals surface area contributed by atoms with Crippen LogP contribution in [0.4, 0.5) is 0 Å². The molecule has 3 N–H and O–H groups in total. The zero-order valence-corrected chi connectivity index (χ0v) is 13.0. The lowest BCUT2D eigenvalue weighted by atomic mass is 9.87. The second-order valence-corrected chi connectivity index (χ2v) is 5.48. The molecular weight excluding hydrogens is 252 g/mol. The Morgan fingerprint density at radius 1 is 1.05 bits per heavy atom. The molecule has 0 spiro atoms. The van der Waals surface area contributed by atoms with Crippen molar-refractivity contribution in [2.45, 2.75) is 51.9 Å². The summed E-state index contributed by atoms with van der Waals surface area (Å²) in [7, 11) is 1.76. The van der Waals surface area contributed by atoms with E-state index in [1.54, 1.807) is 7.05 Å². The molecule has 1 saturated carbocycles. The molecule has 0 unspecified atom stereocenters. The zero-order chi connectivity index (χ0) is 14.6. The van der Waals surface area contributed by atoms with Gasteiger partial charge in [0.05, 0.1) is 0 Å². The average molecular weight is 282 g/mol. The van der Waals surface area contributed by atoms with E-state index in [0.717, 1.165) is 18.9 Å². The van der Waals surface area contributed by atoms with Crippen LogP contribution in [0.3, 0.4) is 0 Å². The Morgan fingerprint density at radius 3 is 2.35 bits per heavy atom. The first-order chi connectivity index (χ1) is 9.76. The number of carbonyl (C=O) groups is 1. The molecule has 0 aromatic rings. The van der Waals surface area contributed by atoms with E-state index in [-0.39, 0.29) is 5.91 Å². The van der Waals surface area contributed by atoms with Gasteiger partial charge in [-0.05, 0) is 25.2 Å². The summed E-state index contributed by atoms with van der Waals surface area (Å²) in [6, 6.07) is 0. The molecule has 0 aromatic carbocycles. The molecule has 0 bridgehead atoms. The van der Waals surface area contributed by atoms with Crippen molar-refractivity contribution < 1.29 is 4.79 Å². The first kappa shape index (κ1) is 16.8. The maximum absolute atomic E-state index is 11.8. The lowest BCUT2D eigenvalue weighted by Gasteiger charge is -2.20. The van der Waals surface area contributed by atoms with E-state index in [2.05, 4.69) is 27.9 Å². The predicted octanol–water partition coefficient (Wildman–Crippen LogP) is 1.65. The fourth-order valence-electron chi connectivity index (χ4n) is 2.57. The number of carbonyl (C=O) groups excluding carboxylic acids is 1. The Labute approximate surface area is 123 Å². The van der Waals surface area contributed by atoms with Gasteiger partial charge >= 0.3 is 0 Å². The van der Waals surface area contributed by atoms with E-state index in [4.69, 9.17) is 0 Å². The molecule has 1 amide bonds. The molecule has 20 heavy (non-hydrogen) atoms. The molecule has 0 atom stereocenters. The first-order valence-corrected chi connectivity index (χ1v) is 7.97. The molecule has 1 aliphatic carbocycles. The number of hydrogen-bond acceptors (Lipinski definition) is 2. The minimum absolute atomic E-state index is 0.190. The lowest BCUT2D eigenvalue weighted by Crippen LogP contribution is -2.41. The highest BCUT2D eigenvalue weighted by atomic mass is 16.1. The molecule has 0 aliphatic heterocycles. The van der Waals surface area contributed by atoms with Crippen LogP contribution in [0.15, 0.2) is 4.99 Å². The van der Waals surface area contributed by atoms with Crippen molar-refractivity contribution in [1.82, 2.24) is 16.0 Å². The summed E-state index contributed by atoms with van der Waals surface area (Å²) in [5.41, 5.74) is 0. The van der Waals surface area contributed by atoms with Gasteiger partial charge in [-0.2, -0.15) is 0 Å². The van der Waals surface area contributed by atoms with E-state index in [1.165, 1.54) is 32.1 Å². The predicted molar refractivity (Wildman–Crippen MR) is 83.9 cm³/mol. The van der Waals surface area contributed by atoms with Crippen LogP contribution in [0.25, 0.3) is 0 Å². The molecule has 0 aromatic heterocycles. The van der Waals surface area contributed by atoms with Crippen LogP contribution in [-0.4, -0.2) is 38.5 Å². The molecule has 116 valence electrons. The standard InChI is InChI=1S/C15H30N4O/c1-3-9-18-15(16-2)19-11-10-17-14(20)12-13-7-5-4-6-8-13/h13H,3-12H2,1-2H3,(H,17,20)(H2,16,18,19). The van der Waals surface area contributed by atoms with Crippen LogP contribution in [0.2, 0.25) is 0 Å². The van der Waals surface area contributed by atoms with E-state index in [9.17, 15) is 4.79 Å². The first-order valence-electron chi connectivity index (χ1n) is 7.97. The summed E-state index contributed by atoms with van der Waals surface area (Å²) in [6.07, 6.45) is 8.13. The second kappa shape index (κ2) is 10.5. The molecular formula is C15H30N4O. The van der Waals surface area contributed by atoms with Crippen molar-refractivity contribution in [1.29, 1.82) is 0 Å². The largest absolute Gasteiger partial charge is 0.356 e. The van der Waals surface area contributed by atoms with Crippen molar-refractivity contribution in [3.05, 3.63) is 0 Å². The normalized spacial score (nSPS) is 16.8. The lowest BCUT2D eigenvalue weighted by molar-refractivity contribution is -0.122. The highest BCUT2D eigenvalue weighted by molar-refractivity contribution is 5.79. The zero-order valence-electron chi connectivity index (χ0n) is 13.0. The van der Waals surface area contributed by atoms with Gasteiger partial charge in [0, 0.05) is 33.1 Å². The topological polar surface area (TPSA) is 65.5 Å². The molecule has 5 nitrogen and oxygen atoms in total. The van der Waals surface area contributed by atoms with Crippen LogP contribution in [0.5, 0.6) is 0 Å². The number of nitrogens with one attached hydrogen (secondary N) is 3. The quantitative estimate of drug-likeness (QED) is 0.378. The fraction of sp³-hybridized carbons (Fsp3) is 0.867. The molecule has 1 aliphatic rings. The maximum atomic E-state index is 11.8. The van der Waals surface area contributed by atoms with Crippen LogP contribution < -0.4 is 16.0 Å². The number of nitrogens with zero attached hydrogens (tertiary/aromatic N) is 1. The van der Waals surface area contributed by atoms with E-state index in [0.29, 0.717) is 25.4 Å². The van der Waals surface area contributed by atoms with Crippen molar-refractivity contribution in [2.75, 3.05) is 26.7 Å². The molecule has 1 rings (SSSR count). The highest BCUT2D eigenvalue weighted by Crippen LogP contribution is 2.25. The van der Waals surface area contributed by atoms with Gasteiger partial charge in [0.25, 0.3) is 0 Å². The van der Waals surface area contributed by atoms with E-state index >= 15 is 0 Å². The number of amides is 1. The Hall–Kier alpha value is -1.26. The Balaban J connectivity index is 2.06. The third-order valence-electron chi connectivity index (χ3n) is 3.70. The second-order valence-electron chi connectivity index (χ2n) is 5.48. The third-order valence-corrected chi connectivity index (χ3v) is 3.70. The van der Waals surface area contributed by atoms with Crippen molar-refractivity contribution >= 4 is 11.9 Å². The number of guanidine groups is 1. The van der Waals surface area contributed by atoms with E-state index < -0.39 is 0 Å². The van der Waals surface area contributed by atoms with Gasteiger partial charge in [-0.3, -0.25) is 9.79 Å². The third kappa shape index (κ3) is 7.36. The Kier molecular flexibility index (Phi) is 8.83. The fourth-order valence-corrected chi connectivity index (χ4v) is 2.57. The molecule has 0 heterocycles. The summed E-state index contributed by atoms with van der Waals surface area (Å²) in [5.74, 6) is 1.60. The number of hydrogen-bond donors (Lipinski definition) is 3. The summed E-state index contributed by atoms with van der Waals surface area (Å²) in [5, 5.41) is 9.37. The smallest absolute Gasteiger partial charge is 0.220 e. The van der Waals surface area contributed by atoms with Gasteiger partial charge in [0.2, 0.25) is 5.91 Å². The van der Waals surface area contributed by atoms with Crippen molar-refractivity contribution in [3.8, 4) is 0 Å². The van der Waals surface area contributed by atoms with Crippen LogP contribution in [0, 0.1) is 5.92 Å². The summed E-state index contributed by atoms with van der Waals surface area (Å²) in [6.45, 7) is 4.39. The van der Waals surface area contributed by atoms with Gasteiger partial charge < -0.3 is 16.0 Å². The van der Waals surface area contributed by atoms with Crippen LogP contribution in [0.1, 0.15) is 51.9 Å². The van der Waals surface area contributed by atoms with Crippen LogP contribution in [-0.2, 0) is 4.79 Å². The minimum atomic E-state index is 0.190. The molecule has 1 fully saturated rings. The minimum Gasteiger partial charge on any atom is -0.356 e. The monoisotopic (exact) mass is 282 g/mol. The summed E-state index contributed by atoms with van der Waals surface area (Å²) in [4.78, 5) is 15.9. The van der Waals surface area contributed by atoms with Gasteiger partial charge in [-0.1, -0.05) is 26.2 Å². The van der Waals surface area contributed by atoms with E-state index in [1.807, 2.05) is 0 Å². The van der Waals surface area contributed by atoms with Crippen molar-refractivity contribution in [3.63, 3.8) is 0 Å². The molecule has 5 heteroatoms. The maximum Gasteiger partial charge on any atom is 0.220 e. The summed E-state index contributed by atoms with van der Waals surface area (Å²) >= 11 is 0. The average Bonchev–Trinajstić information content (AvgIpc) is 2.47. The van der Waals surface area contributed by atoms with Gasteiger partial charge in [0.1, 0.15) is 0 Å². The van der Waals surface area contributed by atoms with Gasteiger partial charge in [-0.25, -0.2) is 0 Å². The Bertz CT molecular complexity index is 298. The van der Waals surface area contributed by atoms with Crippen LogP contribution >= 0.6 is 0 Å².